The molecular formula is C18H27NO2. The lowest BCUT2D eigenvalue weighted by Gasteiger charge is -2.28. The Balaban J connectivity index is 1.56. The van der Waals surface area contributed by atoms with Gasteiger partial charge in [0.25, 0.3) is 0 Å². The van der Waals surface area contributed by atoms with Gasteiger partial charge in [-0.05, 0) is 37.1 Å². The van der Waals surface area contributed by atoms with Crippen LogP contribution in [0, 0.1) is 5.92 Å². The summed E-state index contributed by atoms with van der Waals surface area (Å²) in [5.41, 5.74) is 1.25. The third-order valence-corrected chi connectivity index (χ3v) is 4.92. The minimum Gasteiger partial charge on any atom is -0.497 e. The van der Waals surface area contributed by atoms with E-state index in [4.69, 9.17) is 9.47 Å². The fourth-order valence-electron chi connectivity index (χ4n) is 3.65. The zero-order chi connectivity index (χ0) is 14.5. The molecule has 1 atom stereocenters. The number of methoxy groups -OCH3 is 1. The molecule has 3 rings (SSSR count). The number of hydrogen-bond donors (Lipinski definition) is 1. The molecule has 3 heteroatoms. The second kappa shape index (κ2) is 7.17. The fraction of sp³-hybridized carbons (Fsp3) is 0.667. The largest absolute Gasteiger partial charge is 0.497 e. The molecule has 0 saturated heterocycles. The minimum absolute atomic E-state index is 0.410. The molecular weight excluding hydrogens is 262 g/mol. The quantitative estimate of drug-likeness (QED) is 0.886. The van der Waals surface area contributed by atoms with Crippen LogP contribution in [-0.4, -0.2) is 20.3 Å². The molecule has 1 saturated carbocycles. The molecule has 0 radical (unpaired) electrons. The van der Waals surface area contributed by atoms with Crippen LogP contribution < -0.4 is 14.8 Å². The van der Waals surface area contributed by atoms with Crippen molar-refractivity contribution >= 4 is 0 Å². The number of hydrogen-bond acceptors (Lipinski definition) is 3. The Morgan fingerprint density at radius 3 is 2.86 bits per heavy atom. The highest BCUT2D eigenvalue weighted by Gasteiger charge is 2.22. The highest BCUT2D eigenvalue weighted by Crippen LogP contribution is 2.35. The maximum absolute atomic E-state index is 5.75. The van der Waals surface area contributed by atoms with Gasteiger partial charge in [0.2, 0.25) is 0 Å². The highest BCUT2D eigenvalue weighted by molar-refractivity contribution is 5.43. The van der Waals surface area contributed by atoms with Crippen molar-refractivity contribution in [3.8, 4) is 11.5 Å². The summed E-state index contributed by atoms with van der Waals surface area (Å²) in [7, 11) is 1.72. The van der Waals surface area contributed by atoms with Crippen molar-refractivity contribution < 1.29 is 9.47 Å². The second-order valence-electron chi connectivity index (χ2n) is 6.34. The van der Waals surface area contributed by atoms with Gasteiger partial charge in [-0.1, -0.05) is 32.1 Å². The lowest BCUT2D eigenvalue weighted by molar-refractivity contribution is 0.247. The standard InChI is InChI=1S/C18H27NO2/c1-20-15-7-8-18-16(13-15)17(10-12-21-18)19-11-9-14-5-3-2-4-6-14/h7-8,13-14,17,19H,2-6,9-12H2,1H3. The normalized spacial score (nSPS) is 22.4. The van der Waals surface area contributed by atoms with E-state index in [1.54, 1.807) is 7.11 Å². The van der Waals surface area contributed by atoms with Crippen molar-refractivity contribution in [2.24, 2.45) is 5.92 Å². The molecule has 1 heterocycles. The van der Waals surface area contributed by atoms with Crippen molar-refractivity contribution in [2.75, 3.05) is 20.3 Å². The molecule has 116 valence electrons. The van der Waals surface area contributed by atoms with Crippen LogP contribution in [0.5, 0.6) is 11.5 Å². The summed E-state index contributed by atoms with van der Waals surface area (Å²) in [6, 6.07) is 6.53. The lowest BCUT2D eigenvalue weighted by Crippen LogP contribution is -2.29. The smallest absolute Gasteiger partial charge is 0.124 e. The van der Waals surface area contributed by atoms with Crippen LogP contribution in [0.4, 0.5) is 0 Å². The fourth-order valence-corrected chi connectivity index (χ4v) is 3.65. The average molecular weight is 289 g/mol. The third kappa shape index (κ3) is 3.70. The first-order valence-electron chi connectivity index (χ1n) is 8.41. The minimum atomic E-state index is 0.410. The Morgan fingerprint density at radius 2 is 2.05 bits per heavy atom. The summed E-state index contributed by atoms with van der Waals surface area (Å²) in [5, 5.41) is 3.74. The molecule has 1 unspecified atom stereocenters. The van der Waals surface area contributed by atoms with Gasteiger partial charge in [0.15, 0.2) is 0 Å². The van der Waals surface area contributed by atoms with Crippen LogP contribution in [0.3, 0.4) is 0 Å². The molecule has 1 aromatic rings. The van der Waals surface area contributed by atoms with Crippen LogP contribution in [0.1, 0.15) is 56.6 Å². The molecule has 0 bridgehead atoms. The van der Waals surface area contributed by atoms with E-state index in [9.17, 15) is 0 Å². The molecule has 0 amide bonds. The van der Waals surface area contributed by atoms with E-state index in [0.717, 1.165) is 37.0 Å². The molecule has 21 heavy (non-hydrogen) atoms. The number of fused-ring (bicyclic) bond motifs is 1. The van der Waals surface area contributed by atoms with Crippen LogP contribution in [0.15, 0.2) is 18.2 Å². The van der Waals surface area contributed by atoms with Crippen molar-refractivity contribution in [1.82, 2.24) is 5.32 Å². The van der Waals surface area contributed by atoms with Gasteiger partial charge in [0.1, 0.15) is 11.5 Å². The maximum atomic E-state index is 5.75. The van der Waals surface area contributed by atoms with Crippen LogP contribution in [-0.2, 0) is 0 Å². The SMILES string of the molecule is COc1ccc2c(c1)C(NCCC1CCCCC1)CCO2. The van der Waals surface area contributed by atoms with Gasteiger partial charge in [-0.15, -0.1) is 0 Å². The van der Waals surface area contributed by atoms with E-state index in [1.165, 1.54) is 44.1 Å². The predicted octanol–water partition coefficient (Wildman–Crippen LogP) is 4.08. The van der Waals surface area contributed by atoms with Gasteiger partial charge in [0.05, 0.1) is 13.7 Å². The van der Waals surface area contributed by atoms with Crippen molar-refractivity contribution in [1.29, 1.82) is 0 Å². The van der Waals surface area contributed by atoms with Gasteiger partial charge in [-0.2, -0.15) is 0 Å². The summed E-state index contributed by atoms with van der Waals surface area (Å²) < 4.78 is 11.1. The van der Waals surface area contributed by atoms with Gasteiger partial charge >= 0.3 is 0 Å². The van der Waals surface area contributed by atoms with E-state index >= 15 is 0 Å². The molecule has 1 N–H and O–H groups in total. The number of rotatable bonds is 5. The summed E-state index contributed by atoms with van der Waals surface area (Å²) >= 11 is 0. The van der Waals surface area contributed by atoms with Crippen LogP contribution in [0.25, 0.3) is 0 Å². The summed E-state index contributed by atoms with van der Waals surface area (Å²) in [6.45, 7) is 1.92. The molecule has 3 nitrogen and oxygen atoms in total. The molecule has 1 fully saturated rings. The average Bonchev–Trinajstić information content (AvgIpc) is 2.55. The van der Waals surface area contributed by atoms with E-state index in [0.29, 0.717) is 6.04 Å². The van der Waals surface area contributed by atoms with E-state index in [1.807, 2.05) is 12.1 Å². The molecule has 0 aromatic heterocycles. The monoisotopic (exact) mass is 289 g/mol. The number of nitrogens with one attached hydrogen (secondary N) is 1. The van der Waals surface area contributed by atoms with E-state index in [2.05, 4.69) is 11.4 Å². The Morgan fingerprint density at radius 1 is 1.19 bits per heavy atom. The lowest BCUT2D eigenvalue weighted by atomic mass is 9.87. The maximum Gasteiger partial charge on any atom is 0.124 e. The van der Waals surface area contributed by atoms with Crippen LogP contribution in [0.2, 0.25) is 0 Å². The van der Waals surface area contributed by atoms with Crippen LogP contribution >= 0.6 is 0 Å². The Bertz CT molecular complexity index is 455. The van der Waals surface area contributed by atoms with Crippen molar-refractivity contribution in [2.45, 2.75) is 51.0 Å². The van der Waals surface area contributed by atoms with Gasteiger partial charge in [0, 0.05) is 18.0 Å². The third-order valence-electron chi connectivity index (χ3n) is 4.92. The Hall–Kier alpha value is -1.22. The highest BCUT2D eigenvalue weighted by atomic mass is 16.5. The molecule has 1 aromatic carbocycles. The summed E-state index contributed by atoms with van der Waals surface area (Å²) in [6.07, 6.45) is 9.53. The molecule has 1 aliphatic carbocycles. The summed E-state index contributed by atoms with van der Waals surface area (Å²) in [5.74, 6) is 2.87. The van der Waals surface area contributed by atoms with Crippen molar-refractivity contribution in [3.05, 3.63) is 23.8 Å². The summed E-state index contributed by atoms with van der Waals surface area (Å²) in [4.78, 5) is 0. The predicted molar refractivity (Wildman–Crippen MR) is 85.0 cm³/mol. The zero-order valence-electron chi connectivity index (χ0n) is 13.1. The second-order valence-corrected chi connectivity index (χ2v) is 6.34. The Kier molecular flexibility index (Phi) is 5.02. The topological polar surface area (TPSA) is 30.5 Å². The first kappa shape index (κ1) is 14.7. The van der Waals surface area contributed by atoms with E-state index < -0.39 is 0 Å². The molecule has 1 aliphatic heterocycles. The van der Waals surface area contributed by atoms with Gasteiger partial charge in [-0.25, -0.2) is 0 Å². The van der Waals surface area contributed by atoms with Gasteiger partial charge < -0.3 is 14.8 Å². The first-order chi connectivity index (χ1) is 10.4. The first-order valence-corrected chi connectivity index (χ1v) is 8.41. The number of ether oxygens (including phenoxy) is 2. The van der Waals surface area contributed by atoms with Gasteiger partial charge in [-0.3, -0.25) is 0 Å². The number of benzene rings is 1. The zero-order valence-corrected chi connectivity index (χ0v) is 13.1. The van der Waals surface area contributed by atoms with Crippen molar-refractivity contribution in [3.63, 3.8) is 0 Å². The van der Waals surface area contributed by atoms with E-state index in [-0.39, 0.29) is 0 Å². The molecule has 0 spiro atoms. The molecule has 2 aliphatic rings. The Labute approximate surface area is 128 Å².